The Bertz CT molecular complexity index is 639. The Morgan fingerprint density at radius 2 is 2.14 bits per heavy atom. The molecule has 2 aromatic rings. The van der Waals surface area contributed by atoms with Crippen LogP contribution in [-0.2, 0) is 6.54 Å². The van der Waals surface area contributed by atoms with E-state index in [-0.39, 0.29) is 5.69 Å². The molecule has 0 bridgehead atoms. The van der Waals surface area contributed by atoms with E-state index in [1.54, 1.807) is 13.3 Å². The van der Waals surface area contributed by atoms with Gasteiger partial charge in [-0.1, -0.05) is 12.1 Å². The third kappa shape index (κ3) is 3.19. The fourth-order valence-corrected chi connectivity index (χ4v) is 3.00. The van der Waals surface area contributed by atoms with E-state index in [9.17, 15) is 4.79 Å². The maximum atomic E-state index is 11.6. The number of likely N-dealkylation sites (tertiary alicyclic amines) is 1. The van der Waals surface area contributed by atoms with E-state index in [0.717, 1.165) is 38.2 Å². The molecule has 1 aromatic heterocycles. The molecule has 1 aromatic carbocycles. The number of imidazole rings is 1. The summed E-state index contributed by atoms with van der Waals surface area (Å²) >= 11 is 0. The van der Waals surface area contributed by atoms with Crippen molar-refractivity contribution >= 4 is 0 Å². The zero-order chi connectivity index (χ0) is 14.7. The van der Waals surface area contributed by atoms with Crippen molar-refractivity contribution in [2.45, 2.75) is 25.4 Å². The molecule has 1 aliphatic heterocycles. The Hall–Kier alpha value is -2.01. The van der Waals surface area contributed by atoms with Gasteiger partial charge in [-0.25, -0.2) is 4.79 Å². The Labute approximate surface area is 124 Å². The molecule has 3 rings (SSSR count). The number of benzene rings is 1. The minimum absolute atomic E-state index is 0.00115. The van der Waals surface area contributed by atoms with Crippen molar-refractivity contribution in [3.8, 4) is 5.75 Å². The molecule has 1 fully saturated rings. The zero-order valence-electron chi connectivity index (χ0n) is 12.3. The fourth-order valence-electron chi connectivity index (χ4n) is 3.00. The average Bonchev–Trinajstić information content (AvgIpc) is 2.94. The maximum Gasteiger partial charge on any atom is 0.325 e. The van der Waals surface area contributed by atoms with Crippen LogP contribution < -0.4 is 10.4 Å². The number of piperidine rings is 1. The van der Waals surface area contributed by atoms with Crippen LogP contribution in [0.4, 0.5) is 0 Å². The second-order valence-corrected chi connectivity index (χ2v) is 5.53. The molecular weight excluding hydrogens is 266 g/mol. The number of ether oxygens (including phenoxy) is 1. The van der Waals surface area contributed by atoms with Crippen LogP contribution >= 0.6 is 0 Å². The highest BCUT2D eigenvalue weighted by Gasteiger charge is 2.21. The number of rotatable bonds is 4. The summed E-state index contributed by atoms with van der Waals surface area (Å²) in [7, 11) is 1.69. The number of methoxy groups -OCH3 is 1. The van der Waals surface area contributed by atoms with Gasteiger partial charge in [-0.2, -0.15) is 0 Å². The molecule has 1 aliphatic rings. The molecule has 0 amide bonds. The number of aromatic amines is 1. The first-order valence-electron chi connectivity index (χ1n) is 7.37. The van der Waals surface area contributed by atoms with Crippen LogP contribution in [-0.4, -0.2) is 34.7 Å². The maximum absolute atomic E-state index is 11.6. The lowest BCUT2D eigenvalue weighted by atomic mass is 10.0. The molecule has 2 heterocycles. The molecule has 0 atom stereocenters. The monoisotopic (exact) mass is 287 g/mol. The number of H-pyrrole nitrogens is 1. The largest absolute Gasteiger partial charge is 0.497 e. The molecule has 1 saturated heterocycles. The Morgan fingerprint density at radius 3 is 2.81 bits per heavy atom. The van der Waals surface area contributed by atoms with E-state index in [4.69, 9.17) is 4.74 Å². The van der Waals surface area contributed by atoms with Crippen LogP contribution in [0.25, 0.3) is 0 Å². The minimum Gasteiger partial charge on any atom is -0.497 e. The lowest BCUT2D eigenvalue weighted by Gasteiger charge is -2.32. The predicted octanol–water partition coefficient (Wildman–Crippen LogP) is 2.02. The van der Waals surface area contributed by atoms with Crippen molar-refractivity contribution < 1.29 is 4.74 Å². The van der Waals surface area contributed by atoms with E-state index in [1.807, 2.05) is 22.9 Å². The summed E-state index contributed by atoms with van der Waals surface area (Å²) < 4.78 is 7.09. The molecule has 0 radical (unpaired) electrons. The summed E-state index contributed by atoms with van der Waals surface area (Å²) in [6, 6.07) is 8.54. The van der Waals surface area contributed by atoms with Crippen LogP contribution in [0.1, 0.15) is 24.4 Å². The molecular formula is C16H21N3O2. The van der Waals surface area contributed by atoms with Crippen molar-refractivity contribution in [3.63, 3.8) is 0 Å². The summed E-state index contributed by atoms with van der Waals surface area (Å²) in [6.07, 6.45) is 5.60. The Morgan fingerprint density at radius 1 is 1.33 bits per heavy atom. The van der Waals surface area contributed by atoms with Gasteiger partial charge >= 0.3 is 5.69 Å². The first-order valence-corrected chi connectivity index (χ1v) is 7.37. The van der Waals surface area contributed by atoms with Crippen molar-refractivity contribution in [2.24, 2.45) is 0 Å². The summed E-state index contributed by atoms with van der Waals surface area (Å²) in [6.45, 7) is 2.96. The van der Waals surface area contributed by atoms with Gasteiger partial charge in [0.05, 0.1) is 7.11 Å². The molecule has 21 heavy (non-hydrogen) atoms. The third-order valence-electron chi connectivity index (χ3n) is 4.17. The lowest BCUT2D eigenvalue weighted by molar-refractivity contribution is 0.178. The van der Waals surface area contributed by atoms with Gasteiger partial charge in [0.1, 0.15) is 5.75 Å². The highest BCUT2D eigenvalue weighted by Crippen LogP contribution is 2.23. The van der Waals surface area contributed by atoms with Crippen molar-refractivity contribution in [1.82, 2.24) is 14.5 Å². The highest BCUT2D eigenvalue weighted by molar-refractivity contribution is 5.28. The quantitative estimate of drug-likeness (QED) is 0.936. The number of aromatic nitrogens is 2. The predicted molar refractivity (Wildman–Crippen MR) is 81.6 cm³/mol. The number of nitrogens with zero attached hydrogens (tertiary/aromatic N) is 2. The normalized spacial score (nSPS) is 17.0. The zero-order valence-corrected chi connectivity index (χ0v) is 12.3. The SMILES string of the molecule is COc1cccc(CN2CCC(n3cc[nH]c3=O)CC2)c1. The van der Waals surface area contributed by atoms with Gasteiger partial charge in [-0.3, -0.25) is 9.47 Å². The number of hydrogen-bond donors (Lipinski definition) is 1. The molecule has 1 N–H and O–H groups in total. The molecule has 112 valence electrons. The molecule has 0 spiro atoms. The summed E-state index contributed by atoms with van der Waals surface area (Å²) in [4.78, 5) is 16.8. The van der Waals surface area contributed by atoms with E-state index < -0.39 is 0 Å². The van der Waals surface area contributed by atoms with Gasteiger partial charge in [-0.15, -0.1) is 0 Å². The van der Waals surface area contributed by atoms with Gasteiger partial charge in [0.25, 0.3) is 0 Å². The van der Waals surface area contributed by atoms with E-state index in [1.165, 1.54) is 5.56 Å². The Balaban J connectivity index is 1.58. The molecule has 0 aliphatic carbocycles. The Kier molecular flexibility index (Phi) is 4.10. The summed E-state index contributed by atoms with van der Waals surface area (Å²) in [5, 5.41) is 0. The smallest absolute Gasteiger partial charge is 0.325 e. The highest BCUT2D eigenvalue weighted by atomic mass is 16.5. The second kappa shape index (κ2) is 6.18. The van der Waals surface area contributed by atoms with Crippen molar-refractivity contribution in [2.75, 3.05) is 20.2 Å². The number of hydrogen-bond acceptors (Lipinski definition) is 3. The van der Waals surface area contributed by atoms with Gasteiger partial charge in [0, 0.05) is 38.1 Å². The van der Waals surface area contributed by atoms with E-state index in [2.05, 4.69) is 22.0 Å². The molecule has 5 heteroatoms. The standard InChI is InChI=1S/C16H21N3O2/c1-21-15-4-2-3-13(11-15)12-18-8-5-14(6-9-18)19-10-7-17-16(19)20/h2-4,7,10-11,14H,5-6,8-9,12H2,1H3,(H,17,20). The summed E-state index contributed by atoms with van der Waals surface area (Å²) in [5.74, 6) is 0.904. The molecule has 0 unspecified atom stereocenters. The van der Waals surface area contributed by atoms with Gasteiger partial charge in [-0.05, 0) is 30.5 Å². The van der Waals surface area contributed by atoms with E-state index >= 15 is 0 Å². The van der Waals surface area contributed by atoms with Crippen LogP contribution in [0.2, 0.25) is 0 Å². The van der Waals surface area contributed by atoms with Gasteiger partial charge in [0.2, 0.25) is 0 Å². The average molecular weight is 287 g/mol. The van der Waals surface area contributed by atoms with Crippen LogP contribution in [0.3, 0.4) is 0 Å². The van der Waals surface area contributed by atoms with Crippen molar-refractivity contribution in [3.05, 3.63) is 52.7 Å². The van der Waals surface area contributed by atoms with Crippen LogP contribution in [0, 0.1) is 0 Å². The summed E-state index contributed by atoms with van der Waals surface area (Å²) in [5.41, 5.74) is 1.27. The first-order chi connectivity index (χ1) is 10.3. The molecule has 0 saturated carbocycles. The first kappa shape index (κ1) is 13.9. The second-order valence-electron chi connectivity index (χ2n) is 5.53. The fraction of sp³-hybridized carbons (Fsp3) is 0.438. The minimum atomic E-state index is 0.00115. The van der Waals surface area contributed by atoms with Crippen molar-refractivity contribution in [1.29, 1.82) is 0 Å². The van der Waals surface area contributed by atoms with Gasteiger partial charge in [0.15, 0.2) is 0 Å². The number of nitrogens with one attached hydrogen (secondary N) is 1. The topological polar surface area (TPSA) is 50.3 Å². The lowest BCUT2D eigenvalue weighted by Crippen LogP contribution is -2.36. The van der Waals surface area contributed by atoms with E-state index in [0.29, 0.717) is 6.04 Å². The molecule has 5 nitrogen and oxygen atoms in total. The van der Waals surface area contributed by atoms with Gasteiger partial charge < -0.3 is 9.72 Å². The van der Waals surface area contributed by atoms with Crippen LogP contribution in [0.5, 0.6) is 5.75 Å². The van der Waals surface area contributed by atoms with Crippen LogP contribution in [0.15, 0.2) is 41.5 Å². The third-order valence-corrected chi connectivity index (χ3v) is 4.17.